The van der Waals surface area contributed by atoms with Gasteiger partial charge in [0.25, 0.3) is 0 Å². The summed E-state index contributed by atoms with van der Waals surface area (Å²) in [5.41, 5.74) is 2.96. The van der Waals surface area contributed by atoms with Crippen molar-refractivity contribution in [2.24, 2.45) is 0 Å². The lowest BCUT2D eigenvalue weighted by Crippen LogP contribution is -2.27. The third-order valence-electron chi connectivity index (χ3n) is 3.21. The summed E-state index contributed by atoms with van der Waals surface area (Å²) in [4.78, 5) is 11.9. The van der Waals surface area contributed by atoms with Crippen LogP contribution in [0.25, 0.3) is 0 Å². The molecule has 0 atom stereocenters. The quantitative estimate of drug-likeness (QED) is 0.835. The number of anilines is 1. The standard InChI is InChI=1S/C16H23BNO2/c1-16(2,3)20-15(19)18-14-8-5-11(10-17-4)9-13(14)12-6-7-12/h5,8-9,12H,6-7,10H2,1-4H3,(H,18,19). The van der Waals surface area contributed by atoms with Gasteiger partial charge in [0.15, 0.2) is 0 Å². The lowest BCUT2D eigenvalue weighted by molar-refractivity contribution is 0.0636. The lowest BCUT2D eigenvalue weighted by atomic mass is 9.75. The zero-order valence-electron chi connectivity index (χ0n) is 12.8. The third kappa shape index (κ3) is 4.29. The van der Waals surface area contributed by atoms with E-state index in [4.69, 9.17) is 4.74 Å². The maximum atomic E-state index is 11.9. The number of benzene rings is 1. The smallest absolute Gasteiger partial charge is 0.412 e. The highest BCUT2D eigenvalue weighted by atomic mass is 16.6. The van der Waals surface area contributed by atoms with Crippen LogP contribution in [0.2, 0.25) is 6.82 Å². The van der Waals surface area contributed by atoms with Crippen molar-refractivity contribution in [3.8, 4) is 0 Å². The fourth-order valence-electron chi connectivity index (χ4n) is 2.23. The number of nitrogens with one attached hydrogen (secondary N) is 1. The highest BCUT2D eigenvalue weighted by Crippen LogP contribution is 2.43. The van der Waals surface area contributed by atoms with Crippen LogP contribution in [0.1, 0.15) is 50.7 Å². The van der Waals surface area contributed by atoms with Gasteiger partial charge in [0.1, 0.15) is 12.9 Å². The molecule has 0 saturated heterocycles. The fraction of sp³-hybridized carbons (Fsp3) is 0.562. The molecule has 1 amide bonds. The van der Waals surface area contributed by atoms with Crippen LogP contribution >= 0.6 is 0 Å². The number of amides is 1. The average molecular weight is 272 g/mol. The number of ether oxygens (including phenoxy) is 1. The van der Waals surface area contributed by atoms with E-state index >= 15 is 0 Å². The van der Waals surface area contributed by atoms with E-state index < -0.39 is 5.60 Å². The molecule has 1 aliphatic carbocycles. The highest BCUT2D eigenvalue weighted by Gasteiger charge is 2.27. The van der Waals surface area contributed by atoms with Gasteiger partial charge in [-0.1, -0.05) is 30.8 Å². The first kappa shape index (κ1) is 15.0. The molecule has 3 nitrogen and oxygen atoms in total. The molecule has 1 radical (unpaired) electrons. The van der Waals surface area contributed by atoms with E-state index in [9.17, 15) is 4.79 Å². The van der Waals surface area contributed by atoms with E-state index in [1.807, 2.05) is 26.8 Å². The summed E-state index contributed by atoms with van der Waals surface area (Å²) in [6.07, 6.45) is 3.01. The van der Waals surface area contributed by atoms with E-state index in [0.29, 0.717) is 5.92 Å². The second-order valence-electron chi connectivity index (χ2n) is 6.44. The maximum absolute atomic E-state index is 11.9. The van der Waals surface area contributed by atoms with E-state index in [2.05, 4.69) is 31.6 Å². The lowest BCUT2D eigenvalue weighted by Gasteiger charge is -2.20. The minimum Gasteiger partial charge on any atom is -0.444 e. The molecular formula is C16H23BNO2. The second-order valence-corrected chi connectivity index (χ2v) is 6.44. The van der Waals surface area contributed by atoms with Crippen molar-refractivity contribution in [2.45, 2.75) is 58.3 Å². The Morgan fingerprint density at radius 1 is 1.40 bits per heavy atom. The Balaban J connectivity index is 2.12. The molecule has 107 valence electrons. The topological polar surface area (TPSA) is 38.3 Å². The normalized spacial score (nSPS) is 14.8. The Morgan fingerprint density at radius 3 is 2.65 bits per heavy atom. The van der Waals surface area contributed by atoms with Crippen molar-refractivity contribution < 1.29 is 9.53 Å². The van der Waals surface area contributed by atoms with Gasteiger partial charge in [0.05, 0.1) is 0 Å². The van der Waals surface area contributed by atoms with Crippen molar-refractivity contribution in [3.63, 3.8) is 0 Å². The number of hydrogen-bond acceptors (Lipinski definition) is 2. The Morgan fingerprint density at radius 2 is 2.10 bits per heavy atom. The number of carbonyl (C=O) groups is 1. The largest absolute Gasteiger partial charge is 0.444 e. The maximum Gasteiger partial charge on any atom is 0.412 e. The van der Waals surface area contributed by atoms with Gasteiger partial charge < -0.3 is 4.74 Å². The van der Waals surface area contributed by atoms with Crippen LogP contribution in [0.5, 0.6) is 0 Å². The Hall–Kier alpha value is -1.45. The molecule has 1 fully saturated rings. The molecule has 0 heterocycles. The molecule has 4 heteroatoms. The van der Waals surface area contributed by atoms with Crippen LogP contribution in [0.15, 0.2) is 18.2 Å². The van der Waals surface area contributed by atoms with Crippen LogP contribution in [-0.2, 0) is 11.1 Å². The van der Waals surface area contributed by atoms with E-state index in [1.165, 1.54) is 24.0 Å². The van der Waals surface area contributed by atoms with Crippen LogP contribution < -0.4 is 5.32 Å². The fourth-order valence-corrected chi connectivity index (χ4v) is 2.23. The molecule has 20 heavy (non-hydrogen) atoms. The Labute approximate surface area is 122 Å². The molecule has 0 aromatic heterocycles. The molecule has 1 aliphatic rings. The first-order valence-electron chi connectivity index (χ1n) is 7.29. The average Bonchev–Trinajstić information content (AvgIpc) is 3.13. The van der Waals surface area contributed by atoms with Crippen molar-refractivity contribution in [1.29, 1.82) is 0 Å². The van der Waals surface area contributed by atoms with Gasteiger partial charge in [-0.15, -0.1) is 0 Å². The van der Waals surface area contributed by atoms with Gasteiger partial charge in [0.2, 0.25) is 0 Å². The SMILES string of the molecule is C[B]Cc1ccc(NC(=O)OC(C)(C)C)c(C2CC2)c1. The predicted molar refractivity (Wildman–Crippen MR) is 83.6 cm³/mol. The summed E-state index contributed by atoms with van der Waals surface area (Å²) in [5, 5.41) is 2.89. The van der Waals surface area contributed by atoms with Gasteiger partial charge >= 0.3 is 6.09 Å². The zero-order valence-corrected chi connectivity index (χ0v) is 12.8. The first-order chi connectivity index (χ1) is 9.39. The molecule has 0 bridgehead atoms. The van der Waals surface area contributed by atoms with Crippen molar-refractivity contribution >= 4 is 19.1 Å². The summed E-state index contributed by atoms with van der Waals surface area (Å²) >= 11 is 0. The Kier molecular flexibility index (Phi) is 4.41. The minimum absolute atomic E-state index is 0.380. The number of rotatable bonds is 4. The molecule has 0 aliphatic heterocycles. The van der Waals surface area contributed by atoms with Gasteiger partial charge in [-0.2, -0.15) is 0 Å². The summed E-state index contributed by atoms with van der Waals surface area (Å²) in [6, 6.07) is 6.28. The summed E-state index contributed by atoms with van der Waals surface area (Å²) in [6.45, 7) is 7.67. The summed E-state index contributed by atoms with van der Waals surface area (Å²) < 4.78 is 5.32. The molecule has 1 N–H and O–H groups in total. The summed E-state index contributed by atoms with van der Waals surface area (Å²) in [5.74, 6) is 0.594. The monoisotopic (exact) mass is 272 g/mol. The van der Waals surface area contributed by atoms with Crippen LogP contribution in [0.4, 0.5) is 10.5 Å². The predicted octanol–water partition coefficient (Wildman–Crippen LogP) is 4.16. The minimum atomic E-state index is -0.471. The van der Waals surface area contributed by atoms with E-state index in [0.717, 1.165) is 12.0 Å². The third-order valence-corrected chi connectivity index (χ3v) is 3.21. The molecule has 2 rings (SSSR count). The molecule has 1 saturated carbocycles. The Bertz CT molecular complexity index is 490. The van der Waals surface area contributed by atoms with Gasteiger partial charge in [-0.05, 0) is 51.2 Å². The van der Waals surface area contributed by atoms with Gasteiger partial charge in [-0.25, -0.2) is 4.79 Å². The van der Waals surface area contributed by atoms with Crippen LogP contribution in [0, 0.1) is 0 Å². The summed E-state index contributed by atoms with van der Waals surface area (Å²) in [7, 11) is 2.15. The van der Waals surface area contributed by atoms with Crippen LogP contribution in [0.3, 0.4) is 0 Å². The van der Waals surface area contributed by atoms with Gasteiger partial charge in [-0.3, -0.25) is 5.32 Å². The molecule has 1 aromatic rings. The number of carbonyl (C=O) groups excluding carboxylic acids is 1. The van der Waals surface area contributed by atoms with Crippen LogP contribution in [-0.4, -0.2) is 19.0 Å². The van der Waals surface area contributed by atoms with Crippen molar-refractivity contribution in [2.75, 3.05) is 5.32 Å². The molecule has 1 aromatic carbocycles. The van der Waals surface area contributed by atoms with E-state index in [1.54, 1.807) is 0 Å². The van der Waals surface area contributed by atoms with Crippen molar-refractivity contribution in [1.82, 2.24) is 0 Å². The number of hydrogen-bond donors (Lipinski definition) is 1. The highest BCUT2D eigenvalue weighted by molar-refractivity contribution is 6.32. The molecule has 0 spiro atoms. The molecular weight excluding hydrogens is 249 g/mol. The molecule has 0 unspecified atom stereocenters. The first-order valence-corrected chi connectivity index (χ1v) is 7.29. The van der Waals surface area contributed by atoms with Crippen molar-refractivity contribution in [3.05, 3.63) is 29.3 Å². The van der Waals surface area contributed by atoms with Gasteiger partial charge in [0, 0.05) is 5.69 Å². The second kappa shape index (κ2) is 5.90. The van der Waals surface area contributed by atoms with E-state index in [-0.39, 0.29) is 6.09 Å². The zero-order chi connectivity index (χ0) is 14.8.